The molecule has 3 nitrogen and oxygen atoms in total. The molecule has 5 heteroatoms. The molecule has 0 saturated heterocycles. The zero-order valence-electron chi connectivity index (χ0n) is 7.92. The molecule has 0 saturated carbocycles. The minimum absolute atomic E-state index is 0.0180. The van der Waals surface area contributed by atoms with Crippen LogP contribution in [0, 0.1) is 11.3 Å². The molecule has 15 heavy (non-hydrogen) atoms. The van der Waals surface area contributed by atoms with E-state index in [1.165, 1.54) is 13.0 Å². The van der Waals surface area contributed by atoms with E-state index in [0.29, 0.717) is 0 Å². The number of nitriles is 1. The molecular formula is C10H8F2N2O. The van der Waals surface area contributed by atoms with E-state index in [-0.39, 0.29) is 16.8 Å². The molecule has 1 rings (SSSR count). The smallest absolute Gasteiger partial charge is 0.265 e. The molecule has 0 bridgehead atoms. The molecule has 0 fully saturated rings. The highest BCUT2D eigenvalue weighted by molar-refractivity contribution is 6.02. The maximum atomic E-state index is 12.4. The number of carbonyl (C=O) groups is 1. The van der Waals surface area contributed by atoms with Gasteiger partial charge in [-0.1, -0.05) is 0 Å². The van der Waals surface area contributed by atoms with E-state index in [2.05, 4.69) is 0 Å². The van der Waals surface area contributed by atoms with Gasteiger partial charge in [0.1, 0.15) is 0 Å². The molecule has 0 heterocycles. The lowest BCUT2D eigenvalue weighted by atomic mass is 9.99. The van der Waals surface area contributed by atoms with Gasteiger partial charge < -0.3 is 5.73 Å². The van der Waals surface area contributed by atoms with Crippen molar-refractivity contribution in [3.05, 3.63) is 28.8 Å². The Bertz CT molecular complexity index is 449. The molecule has 0 aliphatic heterocycles. The number of ketones is 1. The first-order valence-electron chi connectivity index (χ1n) is 4.10. The van der Waals surface area contributed by atoms with Crippen LogP contribution in [0.4, 0.5) is 14.5 Å². The molecule has 1 aromatic carbocycles. The van der Waals surface area contributed by atoms with Crippen LogP contribution in [0.2, 0.25) is 0 Å². The van der Waals surface area contributed by atoms with Crippen LogP contribution in [0.3, 0.4) is 0 Å². The van der Waals surface area contributed by atoms with Crippen molar-refractivity contribution in [2.24, 2.45) is 0 Å². The topological polar surface area (TPSA) is 66.9 Å². The Morgan fingerprint density at radius 2 is 2.13 bits per heavy atom. The number of nitrogen functional groups attached to an aromatic ring is 1. The first-order chi connectivity index (χ1) is 6.99. The monoisotopic (exact) mass is 210 g/mol. The van der Waals surface area contributed by atoms with E-state index in [4.69, 9.17) is 11.0 Å². The van der Waals surface area contributed by atoms with Crippen molar-refractivity contribution < 1.29 is 13.6 Å². The first-order valence-corrected chi connectivity index (χ1v) is 4.10. The predicted molar refractivity (Wildman–Crippen MR) is 50.5 cm³/mol. The van der Waals surface area contributed by atoms with Crippen molar-refractivity contribution >= 4 is 11.5 Å². The maximum absolute atomic E-state index is 12.4. The van der Waals surface area contributed by atoms with Crippen LogP contribution in [0.25, 0.3) is 0 Å². The third-order valence-electron chi connectivity index (χ3n) is 1.99. The maximum Gasteiger partial charge on any atom is 0.265 e. The fourth-order valence-corrected chi connectivity index (χ4v) is 1.30. The van der Waals surface area contributed by atoms with Gasteiger partial charge in [0.05, 0.1) is 22.9 Å². The van der Waals surface area contributed by atoms with Gasteiger partial charge in [-0.2, -0.15) is 5.26 Å². The van der Waals surface area contributed by atoms with Gasteiger partial charge in [0, 0.05) is 5.56 Å². The molecule has 0 aliphatic rings. The van der Waals surface area contributed by atoms with E-state index < -0.39 is 17.8 Å². The standard InChI is InChI=1S/C10H8F2N2O/c1-5(15)8-6(4-13)2-3-7(9(8)14)10(11)12/h2-3,10H,14H2,1H3. The van der Waals surface area contributed by atoms with E-state index in [0.717, 1.165) is 6.07 Å². The highest BCUT2D eigenvalue weighted by atomic mass is 19.3. The summed E-state index contributed by atoms with van der Waals surface area (Å²) in [6, 6.07) is 3.97. The van der Waals surface area contributed by atoms with Crippen LogP contribution >= 0.6 is 0 Å². The summed E-state index contributed by atoms with van der Waals surface area (Å²) in [6.07, 6.45) is -2.75. The van der Waals surface area contributed by atoms with Crippen LogP contribution in [-0.2, 0) is 0 Å². The molecule has 78 valence electrons. The number of halogens is 2. The van der Waals surface area contributed by atoms with Gasteiger partial charge in [-0.15, -0.1) is 0 Å². The fourth-order valence-electron chi connectivity index (χ4n) is 1.30. The summed E-state index contributed by atoms with van der Waals surface area (Å²) in [5.41, 5.74) is 4.57. The summed E-state index contributed by atoms with van der Waals surface area (Å²) < 4.78 is 24.9. The van der Waals surface area contributed by atoms with Crippen LogP contribution in [0.15, 0.2) is 12.1 Å². The number of rotatable bonds is 2. The average Bonchev–Trinajstić information content (AvgIpc) is 2.15. The Morgan fingerprint density at radius 1 is 1.53 bits per heavy atom. The number of Topliss-reactive ketones (excluding diaryl/α,β-unsaturated/α-hetero) is 1. The Labute approximate surface area is 85.1 Å². The van der Waals surface area contributed by atoms with Crippen molar-refractivity contribution in [2.75, 3.05) is 5.73 Å². The van der Waals surface area contributed by atoms with Crippen LogP contribution in [0.5, 0.6) is 0 Å². The van der Waals surface area contributed by atoms with Crippen LogP contribution in [0.1, 0.15) is 34.8 Å². The lowest BCUT2D eigenvalue weighted by Gasteiger charge is -2.09. The summed E-state index contributed by atoms with van der Waals surface area (Å²) in [5, 5.41) is 8.68. The number of hydrogen-bond donors (Lipinski definition) is 1. The molecule has 2 N–H and O–H groups in total. The lowest BCUT2D eigenvalue weighted by Crippen LogP contribution is -2.06. The molecular weight excluding hydrogens is 202 g/mol. The largest absolute Gasteiger partial charge is 0.398 e. The Morgan fingerprint density at radius 3 is 2.53 bits per heavy atom. The highest BCUT2D eigenvalue weighted by Gasteiger charge is 2.19. The molecule has 0 aliphatic carbocycles. The second kappa shape index (κ2) is 4.05. The Kier molecular flexibility index (Phi) is 3.00. The second-order valence-corrected chi connectivity index (χ2v) is 2.96. The van der Waals surface area contributed by atoms with Gasteiger partial charge >= 0.3 is 0 Å². The number of nitrogens with zero attached hydrogens (tertiary/aromatic N) is 1. The molecule has 0 unspecified atom stereocenters. The number of nitrogens with two attached hydrogens (primary N) is 1. The van der Waals surface area contributed by atoms with Gasteiger partial charge in [0.15, 0.2) is 5.78 Å². The zero-order valence-corrected chi connectivity index (χ0v) is 7.92. The molecule has 1 aromatic rings. The van der Waals surface area contributed by atoms with Crippen molar-refractivity contribution in [3.63, 3.8) is 0 Å². The van der Waals surface area contributed by atoms with Crippen LogP contribution in [-0.4, -0.2) is 5.78 Å². The minimum atomic E-state index is -2.75. The third kappa shape index (κ3) is 1.94. The van der Waals surface area contributed by atoms with Crippen molar-refractivity contribution in [1.82, 2.24) is 0 Å². The summed E-state index contributed by atoms with van der Waals surface area (Å²) >= 11 is 0. The molecule has 0 aromatic heterocycles. The Balaban J connectivity index is 3.51. The molecule has 0 spiro atoms. The average molecular weight is 210 g/mol. The fraction of sp³-hybridized carbons (Fsp3) is 0.200. The summed E-state index contributed by atoms with van der Waals surface area (Å²) in [6.45, 7) is 1.18. The van der Waals surface area contributed by atoms with Gasteiger partial charge in [0.2, 0.25) is 0 Å². The summed E-state index contributed by atoms with van der Waals surface area (Å²) in [7, 11) is 0. The van der Waals surface area contributed by atoms with E-state index in [9.17, 15) is 13.6 Å². The summed E-state index contributed by atoms with van der Waals surface area (Å²) in [5.74, 6) is -0.494. The number of benzene rings is 1. The molecule has 0 amide bonds. The Hall–Kier alpha value is -1.96. The SMILES string of the molecule is CC(=O)c1c(C#N)ccc(C(F)F)c1N. The number of anilines is 1. The number of alkyl halides is 2. The third-order valence-corrected chi connectivity index (χ3v) is 1.99. The van der Waals surface area contributed by atoms with Crippen molar-refractivity contribution in [1.29, 1.82) is 5.26 Å². The van der Waals surface area contributed by atoms with Gasteiger partial charge in [-0.25, -0.2) is 8.78 Å². The lowest BCUT2D eigenvalue weighted by molar-refractivity contribution is 0.101. The number of carbonyl (C=O) groups excluding carboxylic acids is 1. The second-order valence-electron chi connectivity index (χ2n) is 2.96. The quantitative estimate of drug-likeness (QED) is 0.601. The minimum Gasteiger partial charge on any atom is -0.398 e. The summed E-state index contributed by atoms with van der Waals surface area (Å²) in [4.78, 5) is 11.1. The molecule has 0 radical (unpaired) electrons. The predicted octanol–water partition coefficient (Wildman–Crippen LogP) is 2.28. The van der Waals surface area contributed by atoms with E-state index in [1.54, 1.807) is 6.07 Å². The number of hydrogen-bond acceptors (Lipinski definition) is 3. The highest BCUT2D eigenvalue weighted by Crippen LogP contribution is 2.29. The van der Waals surface area contributed by atoms with Crippen LogP contribution < -0.4 is 5.73 Å². The van der Waals surface area contributed by atoms with Gasteiger partial charge in [0.25, 0.3) is 6.43 Å². The normalized spacial score (nSPS) is 10.1. The van der Waals surface area contributed by atoms with Crippen molar-refractivity contribution in [3.8, 4) is 6.07 Å². The van der Waals surface area contributed by atoms with E-state index >= 15 is 0 Å². The first kappa shape index (κ1) is 11.1. The van der Waals surface area contributed by atoms with Gasteiger partial charge in [-0.3, -0.25) is 4.79 Å². The van der Waals surface area contributed by atoms with Gasteiger partial charge in [-0.05, 0) is 19.1 Å². The zero-order chi connectivity index (χ0) is 11.6. The van der Waals surface area contributed by atoms with E-state index in [1.807, 2.05) is 0 Å². The molecule has 0 atom stereocenters. The van der Waals surface area contributed by atoms with Crippen molar-refractivity contribution in [2.45, 2.75) is 13.3 Å².